The smallest absolute Gasteiger partial charge is 0.311 e. The van der Waals surface area contributed by atoms with Crippen molar-refractivity contribution in [3.05, 3.63) is 23.8 Å². The number of ether oxygens (including phenoxy) is 6. The molecule has 47 heavy (non-hydrogen) atoms. The van der Waals surface area contributed by atoms with Crippen molar-refractivity contribution >= 4 is 34.8 Å². The van der Waals surface area contributed by atoms with E-state index in [2.05, 4.69) is 16.1 Å². The fraction of sp³-hybridized carbons (Fsp3) is 0.629. The second kappa shape index (κ2) is 13.6. The van der Waals surface area contributed by atoms with Crippen molar-refractivity contribution in [2.24, 2.45) is 21.7 Å². The molecular formula is C35H48N2O10. The van der Waals surface area contributed by atoms with Gasteiger partial charge in [0.05, 0.1) is 32.6 Å². The molecule has 1 aromatic heterocycles. The van der Waals surface area contributed by atoms with E-state index in [-0.39, 0.29) is 5.88 Å². The summed E-state index contributed by atoms with van der Waals surface area (Å²) in [5.74, 6) is 0.0485. The molecule has 5 atom stereocenters. The predicted octanol–water partition coefficient (Wildman–Crippen LogP) is 5.11. The number of fused-ring (bicyclic) bond motifs is 1. The van der Waals surface area contributed by atoms with E-state index < -0.39 is 82.8 Å². The molecule has 12 heteroatoms. The Hall–Kier alpha value is -4.11. The van der Waals surface area contributed by atoms with Gasteiger partial charge in [-0.15, -0.1) is 11.5 Å². The molecule has 0 saturated carbocycles. The van der Waals surface area contributed by atoms with Crippen molar-refractivity contribution in [2.75, 3.05) is 6.61 Å². The van der Waals surface area contributed by atoms with Crippen LogP contribution < -0.4 is 4.74 Å². The van der Waals surface area contributed by atoms with Crippen LogP contribution in [0.1, 0.15) is 88.6 Å². The fourth-order valence-electron chi connectivity index (χ4n) is 4.14. The van der Waals surface area contributed by atoms with Crippen LogP contribution in [0.3, 0.4) is 0 Å². The van der Waals surface area contributed by atoms with Crippen LogP contribution in [0, 0.1) is 34.0 Å². The molecule has 1 saturated heterocycles. The highest BCUT2D eigenvalue weighted by Gasteiger charge is 2.56. The topological polar surface area (TPSA) is 152 Å². The molecule has 0 spiro atoms. The van der Waals surface area contributed by atoms with Gasteiger partial charge >= 0.3 is 23.9 Å². The third-order valence-electron chi connectivity index (χ3n) is 7.09. The molecule has 0 radical (unpaired) electrons. The maximum absolute atomic E-state index is 13.5. The van der Waals surface area contributed by atoms with Gasteiger partial charge in [0.2, 0.25) is 18.3 Å². The van der Waals surface area contributed by atoms with Crippen LogP contribution in [-0.4, -0.2) is 71.4 Å². The minimum absolute atomic E-state index is 0.0202. The first-order valence-electron chi connectivity index (χ1n) is 15.5. The first-order chi connectivity index (χ1) is 21.4. The quantitative estimate of drug-likeness (QED) is 0.240. The molecule has 1 aliphatic rings. The number of hydrogen-bond donors (Lipinski definition) is 1. The van der Waals surface area contributed by atoms with Crippen LogP contribution >= 0.6 is 0 Å². The van der Waals surface area contributed by atoms with Crippen LogP contribution in [0.15, 0.2) is 18.2 Å². The molecule has 2 aromatic rings. The van der Waals surface area contributed by atoms with Gasteiger partial charge in [-0.05, 0) is 95.2 Å². The normalized spacial score (nSPS) is 22.1. The second-order valence-corrected chi connectivity index (χ2v) is 15.8. The first-order valence-corrected chi connectivity index (χ1v) is 15.5. The molecule has 12 nitrogen and oxygen atoms in total. The molecule has 258 valence electrons. The largest absolute Gasteiger partial charge is 0.462 e. The maximum atomic E-state index is 13.5. The molecule has 0 bridgehead atoms. The van der Waals surface area contributed by atoms with Gasteiger partial charge in [-0.1, -0.05) is 12.0 Å². The Morgan fingerprint density at radius 1 is 0.766 bits per heavy atom. The number of H-pyrrole nitrogens is 1. The molecule has 1 fully saturated rings. The highest BCUT2D eigenvalue weighted by molar-refractivity contribution is 5.90. The van der Waals surface area contributed by atoms with Gasteiger partial charge < -0.3 is 28.4 Å². The maximum Gasteiger partial charge on any atom is 0.311 e. The molecule has 0 aliphatic carbocycles. The van der Waals surface area contributed by atoms with E-state index in [0.717, 1.165) is 0 Å². The van der Waals surface area contributed by atoms with E-state index in [1.165, 1.54) is 0 Å². The minimum atomic E-state index is -1.50. The van der Waals surface area contributed by atoms with Crippen molar-refractivity contribution in [3.8, 4) is 18.2 Å². The van der Waals surface area contributed by atoms with Crippen molar-refractivity contribution in [2.45, 2.75) is 114 Å². The zero-order valence-corrected chi connectivity index (χ0v) is 29.4. The van der Waals surface area contributed by atoms with Gasteiger partial charge in [-0.3, -0.25) is 24.3 Å². The van der Waals surface area contributed by atoms with Gasteiger partial charge in [-0.2, -0.15) is 0 Å². The third kappa shape index (κ3) is 9.04. The Morgan fingerprint density at radius 3 is 1.74 bits per heavy atom. The van der Waals surface area contributed by atoms with Crippen molar-refractivity contribution in [1.29, 1.82) is 0 Å². The number of benzene rings is 1. The lowest BCUT2D eigenvalue weighted by Gasteiger charge is -2.45. The van der Waals surface area contributed by atoms with Crippen LogP contribution in [0.25, 0.3) is 10.9 Å². The molecule has 2 heterocycles. The summed E-state index contributed by atoms with van der Waals surface area (Å²) in [4.78, 5) is 53.1. The lowest BCUT2D eigenvalue weighted by Crippen LogP contribution is -2.65. The standard InChI is InChI=1S/C35H48N2O10/c1-14-19-16-15-17-20-22(19)26(37-36-20)47-27-25(46-31(41)35(11,12)13)24(45-30(40)34(8,9)10)23(44-29(39)33(5,6)7)21(43-27)18-42-28(38)32(2,3)4/h1,15-17,21,23-25,27H,18H2,2-13H3,(H,36,37)/t21-,23-,24+,25-,27+/m1/s1. The average molecular weight is 657 g/mol. The number of esters is 4. The van der Waals surface area contributed by atoms with Gasteiger partial charge in [0, 0.05) is 5.56 Å². The highest BCUT2D eigenvalue weighted by atomic mass is 16.7. The van der Waals surface area contributed by atoms with E-state index in [1.54, 1.807) is 101 Å². The summed E-state index contributed by atoms with van der Waals surface area (Å²) >= 11 is 0. The van der Waals surface area contributed by atoms with Crippen LogP contribution in [0.5, 0.6) is 5.88 Å². The molecule has 1 aromatic carbocycles. The average Bonchev–Trinajstić information content (AvgIpc) is 3.35. The van der Waals surface area contributed by atoms with Crippen molar-refractivity contribution in [1.82, 2.24) is 10.2 Å². The van der Waals surface area contributed by atoms with Crippen LogP contribution in [0.2, 0.25) is 0 Å². The Labute approximate surface area is 276 Å². The van der Waals surface area contributed by atoms with Crippen LogP contribution in [0.4, 0.5) is 0 Å². The van der Waals surface area contributed by atoms with Crippen molar-refractivity contribution < 1.29 is 47.6 Å². The van der Waals surface area contributed by atoms with Crippen LogP contribution in [-0.2, 0) is 42.9 Å². The molecule has 0 unspecified atom stereocenters. The summed E-state index contributed by atoms with van der Waals surface area (Å²) in [5, 5.41) is 7.59. The Balaban J connectivity index is 2.22. The number of carbonyl (C=O) groups is 4. The SMILES string of the molecule is C#Cc1cccc2[nH]nc(O[C@@H]3O[C@H](COC(=O)C(C)(C)C)[C@@H](OC(=O)C(C)(C)C)[C@H](OC(=O)C(C)(C)C)[C@H]3OC(=O)C(C)(C)C)c12. The zero-order valence-electron chi connectivity index (χ0n) is 29.4. The number of nitrogens with zero attached hydrogens (tertiary/aromatic N) is 1. The fourth-order valence-corrected chi connectivity index (χ4v) is 4.14. The van der Waals surface area contributed by atoms with Gasteiger partial charge in [0.1, 0.15) is 12.7 Å². The van der Waals surface area contributed by atoms with E-state index in [9.17, 15) is 19.2 Å². The number of terminal acetylenes is 1. The number of rotatable bonds is 7. The van der Waals surface area contributed by atoms with E-state index in [4.69, 9.17) is 34.8 Å². The lowest BCUT2D eigenvalue weighted by molar-refractivity contribution is -0.294. The highest BCUT2D eigenvalue weighted by Crippen LogP contribution is 2.36. The van der Waals surface area contributed by atoms with Crippen molar-refractivity contribution in [3.63, 3.8) is 0 Å². The number of carbonyl (C=O) groups excluding carboxylic acids is 4. The molecule has 0 amide bonds. The number of nitrogens with one attached hydrogen (secondary N) is 1. The molecule has 1 N–H and O–H groups in total. The number of aromatic nitrogens is 2. The van der Waals surface area contributed by atoms with Gasteiger partial charge in [0.15, 0.2) is 12.2 Å². The van der Waals surface area contributed by atoms with E-state index in [1.807, 2.05) is 0 Å². The summed E-state index contributed by atoms with van der Waals surface area (Å²) < 4.78 is 36.3. The number of aromatic amines is 1. The zero-order chi connectivity index (χ0) is 35.7. The molecular weight excluding hydrogens is 608 g/mol. The Morgan fingerprint density at radius 2 is 1.26 bits per heavy atom. The van der Waals surface area contributed by atoms with Gasteiger partial charge in [-0.25, -0.2) is 0 Å². The second-order valence-electron chi connectivity index (χ2n) is 15.8. The summed E-state index contributed by atoms with van der Waals surface area (Å²) in [6.07, 6.45) is -1.32. The minimum Gasteiger partial charge on any atom is -0.462 e. The predicted molar refractivity (Wildman–Crippen MR) is 172 cm³/mol. The third-order valence-corrected chi connectivity index (χ3v) is 7.09. The monoisotopic (exact) mass is 656 g/mol. The lowest BCUT2D eigenvalue weighted by atomic mass is 9.93. The molecule has 1 aliphatic heterocycles. The summed E-state index contributed by atoms with van der Waals surface area (Å²) in [7, 11) is 0. The Bertz CT molecular complexity index is 1520. The van der Waals surface area contributed by atoms with E-state index in [0.29, 0.717) is 16.5 Å². The van der Waals surface area contributed by atoms with Gasteiger partial charge in [0.25, 0.3) is 0 Å². The van der Waals surface area contributed by atoms with E-state index >= 15 is 0 Å². The summed E-state index contributed by atoms with van der Waals surface area (Å²) in [5.41, 5.74) is -2.85. The summed E-state index contributed by atoms with van der Waals surface area (Å²) in [6.45, 7) is 19.5. The Kier molecular flexibility index (Phi) is 10.8. The number of hydrogen-bond acceptors (Lipinski definition) is 11. The molecule has 3 rings (SSSR count). The summed E-state index contributed by atoms with van der Waals surface area (Å²) in [6, 6.07) is 5.20. The first kappa shape index (κ1) is 37.3.